The van der Waals surface area contributed by atoms with E-state index in [-0.39, 0.29) is 17.1 Å². The van der Waals surface area contributed by atoms with Gasteiger partial charge in [0.15, 0.2) is 0 Å². The third-order valence-corrected chi connectivity index (χ3v) is 5.15. The number of ketones is 1. The number of aliphatic hydroxyl groups is 1. The highest BCUT2D eigenvalue weighted by Crippen LogP contribution is 2.40. The van der Waals surface area contributed by atoms with Crippen molar-refractivity contribution in [3.63, 3.8) is 0 Å². The third kappa shape index (κ3) is 3.69. The summed E-state index contributed by atoms with van der Waals surface area (Å²) in [5, 5.41) is 20.9. The number of carbonyl (C=O) groups excluding carboxylic acids is 2. The molecule has 1 aromatic heterocycles. The fraction of sp³-hybridized carbons (Fsp3) is 0.174. The molecule has 0 aliphatic carbocycles. The molecule has 30 heavy (non-hydrogen) atoms. The number of hydrogen-bond donors (Lipinski definition) is 2. The predicted molar refractivity (Wildman–Crippen MR) is 110 cm³/mol. The van der Waals surface area contributed by atoms with E-state index >= 15 is 0 Å². The van der Waals surface area contributed by atoms with E-state index in [1.807, 2.05) is 10.8 Å². The Balaban J connectivity index is 1.73. The van der Waals surface area contributed by atoms with Crippen molar-refractivity contribution in [1.29, 1.82) is 0 Å². The zero-order valence-electron chi connectivity index (χ0n) is 16.2. The van der Waals surface area contributed by atoms with Crippen LogP contribution in [0.5, 0.6) is 5.75 Å². The number of hydrogen-bond acceptors (Lipinski definition) is 5. The summed E-state index contributed by atoms with van der Waals surface area (Å²) in [6, 6.07) is 14.3. The van der Waals surface area contributed by atoms with Gasteiger partial charge in [0.25, 0.3) is 11.7 Å². The Bertz CT molecular complexity index is 1090. The van der Waals surface area contributed by atoms with Crippen molar-refractivity contribution in [3.05, 3.63) is 90.0 Å². The normalized spacial score (nSPS) is 18.1. The van der Waals surface area contributed by atoms with Gasteiger partial charge in [-0.1, -0.05) is 42.5 Å². The first kappa shape index (κ1) is 19.4. The van der Waals surface area contributed by atoms with Gasteiger partial charge in [0.1, 0.15) is 11.5 Å². The Kier molecular flexibility index (Phi) is 5.34. The quantitative estimate of drug-likeness (QED) is 0.375. The topological polar surface area (TPSA) is 95.7 Å². The standard InChI is InChI=1S/C23H21N3O4/c27-18-9-4-8-17(14-18)20-19(21(28)16-6-2-1-3-7-16)22(29)23(30)26(20)12-5-11-25-13-10-24-15-25/h1-4,6-10,13-15,20,27-28H,5,11-12H2/b21-19+. The summed E-state index contributed by atoms with van der Waals surface area (Å²) in [7, 11) is 0. The molecule has 2 heterocycles. The molecular formula is C23H21N3O4. The number of benzene rings is 2. The van der Waals surface area contributed by atoms with E-state index in [1.54, 1.807) is 55.0 Å². The molecule has 1 aliphatic heterocycles. The first-order valence-corrected chi connectivity index (χ1v) is 9.65. The maximum atomic E-state index is 12.9. The van der Waals surface area contributed by atoms with Crippen LogP contribution in [0.2, 0.25) is 0 Å². The number of Topliss-reactive ketones (excluding diaryl/α,β-unsaturated/α-hetero) is 1. The summed E-state index contributed by atoms with van der Waals surface area (Å²) in [4.78, 5) is 31.2. The zero-order chi connectivity index (χ0) is 21.1. The molecule has 0 bridgehead atoms. The smallest absolute Gasteiger partial charge is 0.295 e. The average Bonchev–Trinajstić information content (AvgIpc) is 3.36. The Hall–Kier alpha value is -3.87. The van der Waals surface area contributed by atoms with Gasteiger partial charge in [-0.3, -0.25) is 9.59 Å². The third-order valence-electron chi connectivity index (χ3n) is 5.15. The van der Waals surface area contributed by atoms with Gasteiger partial charge >= 0.3 is 0 Å². The first-order chi connectivity index (χ1) is 14.6. The van der Waals surface area contributed by atoms with E-state index in [0.29, 0.717) is 30.6 Å². The summed E-state index contributed by atoms with van der Waals surface area (Å²) in [5.74, 6) is -1.59. The fourth-order valence-electron chi connectivity index (χ4n) is 3.75. The predicted octanol–water partition coefficient (Wildman–Crippen LogP) is 3.10. The van der Waals surface area contributed by atoms with Crippen LogP contribution in [0.3, 0.4) is 0 Å². The highest BCUT2D eigenvalue weighted by Gasteiger charge is 2.45. The summed E-state index contributed by atoms with van der Waals surface area (Å²) in [6.07, 6.45) is 5.80. The van der Waals surface area contributed by atoms with Crippen LogP contribution in [-0.4, -0.2) is 42.9 Å². The molecule has 152 valence electrons. The minimum absolute atomic E-state index is 0.0243. The van der Waals surface area contributed by atoms with E-state index in [0.717, 1.165) is 0 Å². The van der Waals surface area contributed by atoms with E-state index in [4.69, 9.17) is 0 Å². The maximum absolute atomic E-state index is 12.9. The first-order valence-electron chi connectivity index (χ1n) is 9.65. The van der Waals surface area contributed by atoms with Gasteiger partial charge in [-0.25, -0.2) is 4.98 Å². The lowest BCUT2D eigenvalue weighted by Gasteiger charge is -2.25. The van der Waals surface area contributed by atoms with Crippen LogP contribution in [0.4, 0.5) is 0 Å². The molecule has 2 N–H and O–H groups in total. The molecule has 1 unspecified atom stereocenters. The van der Waals surface area contributed by atoms with Crippen molar-refractivity contribution < 1.29 is 19.8 Å². The molecule has 3 aromatic rings. The lowest BCUT2D eigenvalue weighted by Crippen LogP contribution is -2.31. The second-order valence-corrected chi connectivity index (χ2v) is 7.11. The van der Waals surface area contributed by atoms with Crippen LogP contribution in [0.15, 0.2) is 78.9 Å². The molecule has 2 aromatic carbocycles. The van der Waals surface area contributed by atoms with Crippen molar-refractivity contribution in [2.45, 2.75) is 19.0 Å². The summed E-state index contributed by atoms with van der Waals surface area (Å²) >= 11 is 0. The van der Waals surface area contributed by atoms with Gasteiger partial charge in [0.05, 0.1) is 17.9 Å². The Morgan fingerprint density at radius 3 is 2.53 bits per heavy atom. The number of nitrogens with zero attached hydrogens (tertiary/aromatic N) is 3. The number of amides is 1. The molecule has 1 amide bonds. The molecule has 1 fully saturated rings. The SMILES string of the molecule is O=C1C(=O)N(CCCn2ccnc2)C(c2cccc(O)c2)/C1=C(\O)c1ccccc1. The number of likely N-dealkylation sites (tertiary alicyclic amines) is 1. The number of carbonyl (C=O) groups is 2. The van der Waals surface area contributed by atoms with Crippen LogP contribution in [0, 0.1) is 0 Å². The summed E-state index contributed by atoms with van der Waals surface area (Å²) in [6.45, 7) is 0.948. The number of aromatic hydroxyl groups is 1. The maximum Gasteiger partial charge on any atom is 0.295 e. The molecule has 1 aliphatic rings. The van der Waals surface area contributed by atoms with Crippen LogP contribution in [-0.2, 0) is 16.1 Å². The monoisotopic (exact) mass is 403 g/mol. The highest BCUT2D eigenvalue weighted by atomic mass is 16.3. The molecule has 0 saturated carbocycles. The van der Waals surface area contributed by atoms with Gasteiger partial charge in [-0.05, 0) is 24.1 Å². The Labute approximate surface area is 173 Å². The zero-order valence-corrected chi connectivity index (χ0v) is 16.2. The van der Waals surface area contributed by atoms with Crippen molar-refractivity contribution >= 4 is 17.4 Å². The fourth-order valence-corrected chi connectivity index (χ4v) is 3.75. The van der Waals surface area contributed by atoms with Crippen molar-refractivity contribution in [2.75, 3.05) is 6.54 Å². The van der Waals surface area contributed by atoms with Gasteiger partial charge < -0.3 is 19.7 Å². The van der Waals surface area contributed by atoms with Crippen LogP contribution >= 0.6 is 0 Å². The van der Waals surface area contributed by atoms with Crippen molar-refractivity contribution in [2.24, 2.45) is 0 Å². The molecule has 7 heteroatoms. The van der Waals surface area contributed by atoms with E-state index in [2.05, 4.69) is 4.98 Å². The number of aromatic nitrogens is 2. The number of imidazole rings is 1. The minimum atomic E-state index is -0.778. The summed E-state index contributed by atoms with van der Waals surface area (Å²) in [5.41, 5.74) is 1.05. The van der Waals surface area contributed by atoms with Gasteiger partial charge in [-0.15, -0.1) is 0 Å². The average molecular weight is 403 g/mol. The van der Waals surface area contributed by atoms with Crippen LogP contribution < -0.4 is 0 Å². The molecule has 7 nitrogen and oxygen atoms in total. The lowest BCUT2D eigenvalue weighted by atomic mass is 9.95. The lowest BCUT2D eigenvalue weighted by molar-refractivity contribution is -0.139. The van der Waals surface area contributed by atoms with Gasteiger partial charge in [0, 0.05) is 31.0 Å². The second-order valence-electron chi connectivity index (χ2n) is 7.11. The van der Waals surface area contributed by atoms with Gasteiger partial charge in [0.2, 0.25) is 0 Å². The molecule has 1 saturated heterocycles. The van der Waals surface area contributed by atoms with Gasteiger partial charge in [-0.2, -0.15) is 0 Å². The minimum Gasteiger partial charge on any atom is -0.508 e. The number of aryl methyl sites for hydroxylation is 1. The second kappa shape index (κ2) is 8.24. The molecule has 0 spiro atoms. The Morgan fingerprint density at radius 1 is 1.03 bits per heavy atom. The van der Waals surface area contributed by atoms with Crippen LogP contribution in [0.25, 0.3) is 5.76 Å². The largest absolute Gasteiger partial charge is 0.508 e. The molecule has 4 rings (SSSR count). The van der Waals surface area contributed by atoms with Crippen LogP contribution in [0.1, 0.15) is 23.6 Å². The van der Waals surface area contributed by atoms with E-state index in [1.165, 1.54) is 17.0 Å². The highest BCUT2D eigenvalue weighted by molar-refractivity contribution is 6.46. The van der Waals surface area contributed by atoms with E-state index < -0.39 is 17.7 Å². The van der Waals surface area contributed by atoms with E-state index in [9.17, 15) is 19.8 Å². The number of phenols is 1. The molecular weight excluding hydrogens is 382 g/mol. The Morgan fingerprint density at radius 2 is 1.83 bits per heavy atom. The van der Waals surface area contributed by atoms with Crippen molar-refractivity contribution in [1.82, 2.24) is 14.5 Å². The number of phenolic OH excluding ortho intramolecular Hbond substituents is 1. The summed E-state index contributed by atoms with van der Waals surface area (Å²) < 4.78 is 1.89. The number of rotatable bonds is 6. The molecule has 1 atom stereocenters. The number of aliphatic hydroxyl groups excluding tert-OH is 1. The molecule has 0 radical (unpaired) electrons. The van der Waals surface area contributed by atoms with Crippen molar-refractivity contribution in [3.8, 4) is 5.75 Å².